The van der Waals surface area contributed by atoms with Crippen LogP contribution in [0.3, 0.4) is 0 Å². The van der Waals surface area contributed by atoms with Crippen LogP contribution >= 0.6 is 11.3 Å². The molecule has 2 aromatic rings. The second kappa shape index (κ2) is 7.34. The third kappa shape index (κ3) is 4.35. The average Bonchev–Trinajstić information content (AvgIpc) is 2.76. The van der Waals surface area contributed by atoms with Crippen molar-refractivity contribution in [3.05, 3.63) is 55.6 Å². The molecular weight excluding hydrogens is 320 g/mol. The minimum Gasteiger partial charge on any atom is -0.355 e. The van der Waals surface area contributed by atoms with Gasteiger partial charge in [-0.25, -0.2) is 0 Å². The van der Waals surface area contributed by atoms with E-state index in [1.807, 2.05) is 19.9 Å². The molecule has 130 valence electrons. The van der Waals surface area contributed by atoms with Crippen molar-refractivity contribution in [1.82, 2.24) is 9.88 Å². The summed E-state index contributed by atoms with van der Waals surface area (Å²) in [5, 5.41) is 3.01. The number of carbonyl (C=O) groups is 1. The highest BCUT2D eigenvalue weighted by atomic mass is 32.1. The number of amides is 1. The van der Waals surface area contributed by atoms with Gasteiger partial charge in [0.15, 0.2) is 0 Å². The molecule has 0 radical (unpaired) electrons. The van der Waals surface area contributed by atoms with Crippen molar-refractivity contribution in [2.75, 3.05) is 6.54 Å². The highest BCUT2D eigenvalue weighted by Gasteiger charge is 2.21. The van der Waals surface area contributed by atoms with Crippen LogP contribution in [0.15, 0.2) is 29.1 Å². The van der Waals surface area contributed by atoms with Crippen molar-refractivity contribution >= 4 is 17.2 Å². The van der Waals surface area contributed by atoms with Crippen molar-refractivity contribution < 1.29 is 4.79 Å². The van der Waals surface area contributed by atoms with E-state index in [1.165, 1.54) is 22.5 Å². The maximum atomic E-state index is 12.2. The molecule has 2 rings (SSSR count). The summed E-state index contributed by atoms with van der Waals surface area (Å²) in [4.78, 5) is 25.1. The van der Waals surface area contributed by atoms with Crippen molar-refractivity contribution in [3.63, 3.8) is 0 Å². The third-order valence-corrected chi connectivity index (χ3v) is 5.46. The van der Waals surface area contributed by atoms with E-state index in [4.69, 9.17) is 0 Å². The molecule has 1 heterocycles. The lowest BCUT2D eigenvalue weighted by molar-refractivity contribution is -0.121. The summed E-state index contributed by atoms with van der Waals surface area (Å²) in [7, 11) is 0. The Hall–Kier alpha value is -1.88. The van der Waals surface area contributed by atoms with Gasteiger partial charge in [-0.15, -0.1) is 0 Å². The fourth-order valence-electron chi connectivity index (χ4n) is 2.64. The summed E-state index contributed by atoms with van der Waals surface area (Å²) >= 11 is 1.24. The average molecular weight is 346 g/mol. The molecule has 0 spiro atoms. The van der Waals surface area contributed by atoms with Gasteiger partial charge in [0.2, 0.25) is 5.91 Å². The van der Waals surface area contributed by atoms with Crippen LogP contribution in [0.1, 0.15) is 42.0 Å². The molecule has 0 aliphatic carbocycles. The van der Waals surface area contributed by atoms with Crippen LogP contribution in [0.25, 0.3) is 0 Å². The molecule has 1 aromatic carbocycles. The molecule has 0 saturated carbocycles. The molecule has 0 unspecified atom stereocenters. The molecule has 0 atom stereocenters. The monoisotopic (exact) mass is 346 g/mol. The minimum atomic E-state index is -0.132. The van der Waals surface area contributed by atoms with Gasteiger partial charge in [-0.05, 0) is 26.3 Å². The summed E-state index contributed by atoms with van der Waals surface area (Å²) < 4.78 is 1.69. The van der Waals surface area contributed by atoms with E-state index in [2.05, 4.69) is 44.3 Å². The lowest BCUT2D eigenvalue weighted by Crippen LogP contribution is -2.37. The first-order valence-corrected chi connectivity index (χ1v) is 9.03. The molecule has 0 aliphatic rings. The Morgan fingerprint density at radius 3 is 2.54 bits per heavy atom. The van der Waals surface area contributed by atoms with E-state index in [-0.39, 0.29) is 16.2 Å². The van der Waals surface area contributed by atoms with Gasteiger partial charge in [0.05, 0.1) is 0 Å². The van der Waals surface area contributed by atoms with Gasteiger partial charge in [0.25, 0.3) is 0 Å². The number of hydrogen-bond acceptors (Lipinski definition) is 3. The summed E-state index contributed by atoms with van der Waals surface area (Å²) in [5.41, 5.74) is 3.25. The largest absolute Gasteiger partial charge is 0.355 e. The molecule has 0 aliphatic heterocycles. The van der Waals surface area contributed by atoms with Crippen LogP contribution in [0.4, 0.5) is 0 Å². The standard InChI is InChI=1S/C19H26N2O2S/c1-13-7-6-8-16(11-13)19(4,5)12-20-17(22)9-10-21-14(2)15(3)24-18(21)23/h6-8,11H,9-10,12H2,1-5H3,(H,20,22). The third-order valence-electron chi connectivity index (χ3n) is 4.46. The first-order chi connectivity index (χ1) is 11.2. The lowest BCUT2D eigenvalue weighted by Gasteiger charge is -2.26. The topological polar surface area (TPSA) is 51.1 Å². The van der Waals surface area contributed by atoms with E-state index < -0.39 is 0 Å². The Morgan fingerprint density at radius 2 is 1.96 bits per heavy atom. The van der Waals surface area contributed by atoms with E-state index in [1.54, 1.807) is 4.57 Å². The number of thiazole rings is 1. The predicted octanol–water partition coefficient (Wildman–Crippen LogP) is 3.32. The molecule has 1 aromatic heterocycles. The van der Waals surface area contributed by atoms with Gasteiger partial charge in [0.1, 0.15) is 0 Å². The van der Waals surface area contributed by atoms with Crippen LogP contribution in [0.5, 0.6) is 0 Å². The van der Waals surface area contributed by atoms with Gasteiger partial charge in [0, 0.05) is 35.5 Å². The first kappa shape index (κ1) is 18.5. The Balaban J connectivity index is 1.92. The van der Waals surface area contributed by atoms with Gasteiger partial charge in [-0.1, -0.05) is 55.0 Å². The zero-order valence-electron chi connectivity index (χ0n) is 15.1. The van der Waals surface area contributed by atoms with Crippen molar-refractivity contribution in [2.24, 2.45) is 0 Å². The van der Waals surface area contributed by atoms with Gasteiger partial charge >= 0.3 is 4.87 Å². The summed E-state index contributed by atoms with van der Waals surface area (Å²) in [5.74, 6) is -0.0223. The van der Waals surface area contributed by atoms with E-state index in [0.717, 1.165) is 10.6 Å². The Kier molecular flexibility index (Phi) is 5.65. The van der Waals surface area contributed by atoms with Crippen molar-refractivity contribution in [2.45, 2.75) is 53.0 Å². The molecule has 0 bridgehead atoms. The Labute approximate surface area is 147 Å². The fraction of sp³-hybridized carbons (Fsp3) is 0.474. The number of nitrogens with zero attached hydrogens (tertiary/aromatic N) is 1. The van der Waals surface area contributed by atoms with Crippen LogP contribution < -0.4 is 10.2 Å². The number of aryl methyl sites for hydroxylation is 2. The Bertz CT molecular complexity index is 787. The molecule has 1 N–H and O–H groups in total. The molecule has 0 fully saturated rings. The van der Waals surface area contributed by atoms with Crippen molar-refractivity contribution in [3.8, 4) is 0 Å². The van der Waals surface area contributed by atoms with Gasteiger partial charge in [-0.3, -0.25) is 9.59 Å². The van der Waals surface area contributed by atoms with Crippen LogP contribution in [-0.2, 0) is 16.8 Å². The van der Waals surface area contributed by atoms with Crippen molar-refractivity contribution in [1.29, 1.82) is 0 Å². The van der Waals surface area contributed by atoms with E-state index in [0.29, 0.717) is 19.5 Å². The van der Waals surface area contributed by atoms with Crippen LogP contribution in [0.2, 0.25) is 0 Å². The zero-order valence-corrected chi connectivity index (χ0v) is 15.9. The fourth-order valence-corrected chi connectivity index (χ4v) is 3.49. The number of benzene rings is 1. The number of hydrogen-bond donors (Lipinski definition) is 1. The SMILES string of the molecule is Cc1cccc(C(C)(C)CNC(=O)CCn2c(C)c(C)sc2=O)c1. The molecule has 5 heteroatoms. The molecule has 24 heavy (non-hydrogen) atoms. The molecule has 0 saturated heterocycles. The molecule has 1 amide bonds. The maximum Gasteiger partial charge on any atom is 0.307 e. The van der Waals surface area contributed by atoms with E-state index >= 15 is 0 Å². The summed E-state index contributed by atoms with van der Waals surface area (Å²) in [6.45, 7) is 11.2. The zero-order chi connectivity index (χ0) is 17.9. The number of rotatable bonds is 6. The predicted molar refractivity (Wildman–Crippen MR) is 99.9 cm³/mol. The Morgan fingerprint density at radius 1 is 1.25 bits per heavy atom. The first-order valence-electron chi connectivity index (χ1n) is 8.21. The van der Waals surface area contributed by atoms with E-state index in [9.17, 15) is 9.59 Å². The minimum absolute atomic E-state index is 0.0119. The molecule has 4 nitrogen and oxygen atoms in total. The second-order valence-corrected chi connectivity index (χ2v) is 8.11. The quantitative estimate of drug-likeness (QED) is 0.872. The highest BCUT2D eigenvalue weighted by molar-refractivity contribution is 7.09. The second-order valence-electron chi connectivity index (χ2n) is 6.94. The lowest BCUT2D eigenvalue weighted by atomic mass is 9.84. The van der Waals surface area contributed by atoms with Crippen LogP contribution in [0, 0.1) is 20.8 Å². The summed E-state index contributed by atoms with van der Waals surface area (Å²) in [6, 6.07) is 8.36. The number of carbonyl (C=O) groups excluding carboxylic acids is 1. The highest BCUT2D eigenvalue weighted by Crippen LogP contribution is 2.23. The maximum absolute atomic E-state index is 12.2. The normalized spacial score (nSPS) is 11.5. The van der Waals surface area contributed by atoms with Crippen LogP contribution in [-0.4, -0.2) is 17.0 Å². The smallest absolute Gasteiger partial charge is 0.307 e. The summed E-state index contributed by atoms with van der Waals surface area (Å²) in [6.07, 6.45) is 0.320. The molecular formula is C19H26N2O2S. The number of nitrogens with one attached hydrogen (secondary N) is 1. The van der Waals surface area contributed by atoms with Gasteiger partial charge in [-0.2, -0.15) is 0 Å². The van der Waals surface area contributed by atoms with Gasteiger partial charge < -0.3 is 9.88 Å². The number of aromatic nitrogens is 1.